The van der Waals surface area contributed by atoms with Gasteiger partial charge in [-0.3, -0.25) is 14.9 Å². The number of piperidine rings is 1. The Kier molecular flexibility index (Phi) is 6.58. The fourth-order valence-corrected chi connectivity index (χ4v) is 7.18. The summed E-state index contributed by atoms with van der Waals surface area (Å²) < 4.78 is 27.4. The molecule has 0 aliphatic carbocycles. The van der Waals surface area contributed by atoms with E-state index in [9.17, 15) is 23.3 Å². The van der Waals surface area contributed by atoms with Gasteiger partial charge in [-0.25, -0.2) is 13.4 Å². The number of amides is 1. The number of thiazole rings is 1. The van der Waals surface area contributed by atoms with E-state index in [1.54, 1.807) is 23.6 Å². The van der Waals surface area contributed by atoms with E-state index >= 15 is 0 Å². The lowest BCUT2D eigenvalue weighted by atomic mass is 9.97. The molecule has 0 radical (unpaired) electrons. The molecule has 9 nitrogen and oxygen atoms in total. The lowest BCUT2D eigenvalue weighted by Crippen LogP contribution is -2.41. The average molecular weight is 513 g/mol. The molecule has 0 unspecified atom stereocenters. The summed E-state index contributed by atoms with van der Waals surface area (Å²) in [6.45, 7) is 0.504. The molecule has 13 heteroatoms. The first-order valence-electron chi connectivity index (χ1n) is 9.51. The van der Waals surface area contributed by atoms with Crippen LogP contribution in [0.2, 0.25) is 4.34 Å². The van der Waals surface area contributed by atoms with Crippen LogP contribution in [0.4, 0.5) is 10.8 Å². The number of nitrogens with one attached hydrogen (secondary N) is 1. The largest absolute Gasteiger partial charge is 0.302 e. The van der Waals surface area contributed by atoms with Gasteiger partial charge in [0.15, 0.2) is 5.13 Å². The van der Waals surface area contributed by atoms with Crippen LogP contribution >= 0.6 is 34.3 Å². The number of benzene rings is 1. The molecule has 2 aromatic heterocycles. The van der Waals surface area contributed by atoms with E-state index < -0.39 is 14.9 Å². The molecule has 1 aliphatic heterocycles. The van der Waals surface area contributed by atoms with Gasteiger partial charge >= 0.3 is 0 Å². The molecular formula is C19H17ClN4O5S3. The third-order valence-corrected chi connectivity index (χ3v) is 9.43. The summed E-state index contributed by atoms with van der Waals surface area (Å²) in [6.07, 6.45) is 0.815. The highest BCUT2D eigenvalue weighted by atomic mass is 35.5. The molecule has 4 rings (SSSR count). The number of thiophene rings is 1. The maximum absolute atomic E-state index is 12.7. The number of nitrogens with zero attached hydrogens (tertiary/aromatic N) is 3. The maximum atomic E-state index is 12.7. The fourth-order valence-electron chi connectivity index (χ4n) is 3.35. The van der Waals surface area contributed by atoms with Crippen molar-refractivity contribution in [2.75, 3.05) is 18.4 Å². The zero-order valence-corrected chi connectivity index (χ0v) is 19.6. The molecule has 1 aromatic carbocycles. The van der Waals surface area contributed by atoms with Crippen molar-refractivity contribution < 1.29 is 18.1 Å². The monoisotopic (exact) mass is 512 g/mol. The van der Waals surface area contributed by atoms with Gasteiger partial charge in [0.1, 0.15) is 4.21 Å². The van der Waals surface area contributed by atoms with Gasteiger partial charge in [0, 0.05) is 42.1 Å². The van der Waals surface area contributed by atoms with Crippen LogP contribution in [-0.2, 0) is 14.8 Å². The van der Waals surface area contributed by atoms with Crippen LogP contribution in [0.25, 0.3) is 11.3 Å². The van der Waals surface area contributed by atoms with Crippen LogP contribution in [0, 0.1) is 16.0 Å². The number of hydrogen-bond acceptors (Lipinski definition) is 8. The molecule has 1 aliphatic rings. The molecule has 3 aromatic rings. The van der Waals surface area contributed by atoms with E-state index in [-0.39, 0.29) is 34.8 Å². The van der Waals surface area contributed by atoms with E-state index in [0.717, 1.165) is 11.3 Å². The van der Waals surface area contributed by atoms with Crippen molar-refractivity contribution in [3.63, 3.8) is 0 Å². The number of hydrogen-bond donors (Lipinski definition) is 1. The van der Waals surface area contributed by atoms with Crippen LogP contribution < -0.4 is 5.32 Å². The second-order valence-corrected chi connectivity index (χ2v) is 11.8. The van der Waals surface area contributed by atoms with Crippen LogP contribution in [-0.4, -0.2) is 41.6 Å². The van der Waals surface area contributed by atoms with Gasteiger partial charge in [0.2, 0.25) is 5.91 Å². The van der Waals surface area contributed by atoms with Crippen molar-refractivity contribution in [2.24, 2.45) is 5.92 Å². The number of non-ortho nitro benzene ring substituents is 1. The van der Waals surface area contributed by atoms with E-state index in [4.69, 9.17) is 11.6 Å². The van der Waals surface area contributed by atoms with Gasteiger partial charge < -0.3 is 5.32 Å². The summed E-state index contributed by atoms with van der Waals surface area (Å²) in [6, 6.07) is 9.06. The molecular weight excluding hydrogens is 496 g/mol. The Morgan fingerprint density at radius 2 is 1.88 bits per heavy atom. The topological polar surface area (TPSA) is 123 Å². The quantitative estimate of drug-likeness (QED) is 0.384. The van der Waals surface area contributed by atoms with E-state index in [0.29, 0.717) is 33.6 Å². The number of nitro groups is 1. The first-order chi connectivity index (χ1) is 15.2. The third-order valence-electron chi connectivity index (χ3n) is 5.08. The van der Waals surface area contributed by atoms with Crippen LogP contribution in [0.3, 0.4) is 0 Å². The van der Waals surface area contributed by atoms with E-state index in [1.807, 2.05) is 0 Å². The smallest absolute Gasteiger partial charge is 0.269 e. The number of carbonyl (C=O) groups excluding carboxylic acids is 1. The summed E-state index contributed by atoms with van der Waals surface area (Å²) in [5, 5.41) is 15.8. The fraction of sp³-hybridized carbons (Fsp3) is 0.263. The Morgan fingerprint density at radius 1 is 1.19 bits per heavy atom. The molecule has 0 bridgehead atoms. The molecule has 1 fully saturated rings. The van der Waals surface area contributed by atoms with E-state index in [2.05, 4.69) is 10.3 Å². The van der Waals surface area contributed by atoms with Crippen molar-refractivity contribution >= 4 is 61.0 Å². The Labute approximate surface area is 196 Å². The molecule has 1 amide bonds. The van der Waals surface area contributed by atoms with Crippen molar-refractivity contribution in [3.8, 4) is 11.3 Å². The predicted molar refractivity (Wildman–Crippen MR) is 124 cm³/mol. The zero-order chi connectivity index (χ0) is 22.9. The minimum absolute atomic E-state index is 0.00645. The number of nitro benzene ring substituents is 1. The lowest BCUT2D eigenvalue weighted by Gasteiger charge is -2.29. The molecule has 0 spiro atoms. The molecule has 0 atom stereocenters. The molecule has 0 saturated carbocycles. The highest BCUT2D eigenvalue weighted by molar-refractivity contribution is 7.91. The SMILES string of the molecule is O=C(Nc1nc(-c2ccc([N+](=O)[O-])cc2)cs1)C1CCN(S(=O)(=O)c2ccc(Cl)s2)CC1. The number of aromatic nitrogens is 1. The van der Waals surface area contributed by atoms with Crippen LogP contribution in [0.1, 0.15) is 12.8 Å². The van der Waals surface area contributed by atoms with Crippen molar-refractivity contribution in [1.29, 1.82) is 0 Å². The minimum atomic E-state index is -3.60. The van der Waals surface area contributed by atoms with Gasteiger partial charge in [0.25, 0.3) is 15.7 Å². The number of sulfonamides is 1. The summed E-state index contributed by atoms with van der Waals surface area (Å²) in [7, 11) is -3.60. The Bertz CT molecular complexity index is 1250. The standard InChI is InChI=1S/C19H17ClN4O5S3/c20-16-5-6-17(31-16)32(28,29)23-9-7-13(8-10-23)18(25)22-19-21-15(11-30-19)12-1-3-14(4-2-12)24(26)27/h1-6,11,13H,7-10H2,(H,21,22,25). The third kappa shape index (κ3) is 4.84. The summed E-state index contributed by atoms with van der Waals surface area (Å²) >= 11 is 8.13. The number of carbonyl (C=O) groups is 1. The van der Waals surface area contributed by atoms with Crippen molar-refractivity contribution in [2.45, 2.75) is 17.1 Å². The number of anilines is 1. The Morgan fingerprint density at radius 3 is 2.47 bits per heavy atom. The molecule has 1 saturated heterocycles. The second-order valence-electron chi connectivity index (χ2n) is 7.07. The number of halogens is 1. The Balaban J connectivity index is 1.35. The summed E-state index contributed by atoms with van der Waals surface area (Å²) in [5.41, 5.74) is 1.31. The lowest BCUT2D eigenvalue weighted by molar-refractivity contribution is -0.384. The number of rotatable bonds is 6. The molecule has 1 N–H and O–H groups in total. The first-order valence-corrected chi connectivity index (χ1v) is 13.0. The van der Waals surface area contributed by atoms with Gasteiger partial charge in [-0.15, -0.1) is 22.7 Å². The van der Waals surface area contributed by atoms with Crippen molar-refractivity contribution in [3.05, 3.63) is 56.2 Å². The highest BCUT2D eigenvalue weighted by Crippen LogP contribution is 2.31. The highest BCUT2D eigenvalue weighted by Gasteiger charge is 2.33. The van der Waals surface area contributed by atoms with Gasteiger partial charge in [-0.1, -0.05) is 11.6 Å². The van der Waals surface area contributed by atoms with Crippen molar-refractivity contribution in [1.82, 2.24) is 9.29 Å². The zero-order valence-electron chi connectivity index (χ0n) is 16.4. The summed E-state index contributed by atoms with van der Waals surface area (Å²) in [5.74, 6) is -0.522. The summed E-state index contributed by atoms with van der Waals surface area (Å²) in [4.78, 5) is 27.4. The van der Waals surface area contributed by atoms with Gasteiger partial charge in [0.05, 0.1) is 15.0 Å². The van der Waals surface area contributed by atoms with Crippen LogP contribution in [0.5, 0.6) is 0 Å². The predicted octanol–water partition coefficient (Wildman–Crippen LogP) is 4.47. The van der Waals surface area contributed by atoms with E-state index in [1.165, 1.54) is 33.8 Å². The van der Waals surface area contributed by atoms with Gasteiger partial charge in [-0.2, -0.15) is 4.31 Å². The second kappa shape index (κ2) is 9.24. The maximum Gasteiger partial charge on any atom is 0.269 e. The van der Waals surface area contributed by atoms with Gasteiger partial charge in [-0.05, 0) is 37.1 Å². The van der Waals surface area contributed by atoms with Crippen LogP contribution in [0.15, 0.2) is 46.0 Å². The average Bonchev–Trinajstić information content (AvgIpc) is 3.43. The minimum Gasteiger partial charge on any atom is -0.302 e. The molecule has 32 heavy (non-hydrogen) atoms. The normalized spacial score (nSPS) is 15.5. The first kappa shape index (κ1) is 22.8. The molecule has 3 heterocycles. The Hall–Kier alpha value is -2.38. The molecule has 168 valence electrons.